The van der Waals surface area contributed by atoms with Gasteiger partial charge in [0.25, 0.3) is 0 Å². The third kappa shape index (κ3) is 3.84. The maximum Gasteiger partial charge on any atom is 0.417 e. The van der Waals surface area contributed by atoms with E-state index < -0.39 is 11.7 Å². The molecule has 1 unspecified atom stereocenters. The van der Waals surface area contributed by atoms with Crippen LogP contribution in [0.3, 0.4) is 0 Å². The van der Waals surface area contributed by atoms with Gasteiger partial charge in [0.05, 0.1) is 10.6 Å². The molecule has 0 amide bonds. The second kappa shape index (κ2) is 5.69. The molecule has 0 aliphatic carbocycles. The molecule has 1 atom stereocenters. The molecule has 1 aliphatic rings. The van der Waals surface area contributed by atoms with Gasteiger partial charge in [-0.05, 0) is 24.6 Å². The first-order valence-electron chi connectivity index (χ1n) is 6.17. The number of hydrogen-bond acceptors (Lipinski definition) is 2. The number of nitrogens with one attached hydrogen (secondary N) is 1. The van der Waals surface area contributed by atoms with Gasteiger partial charge in [-0.2, -0.15) is 13.2 Å². The summed E-state index contributed by atoms with van der Waals surface area (Å²) in [6.45, 7) is 5.13. The minimum Gasteiger partial charge on any atom is -0.312 e. The summed E-state index contributed by atoms with van der Waals surface area (Å²) in [4.78, 5) is 2.14. The average Bonchev–Trinajstić information content (AvgIpc) is 2.30. The summed E-state index contributed by atoms with van der Waals surface area (Å²) in [5.74, 6) is 0. The van der Waals surface area contributed by atoms with Crippen molar-refractivity contribution >= 4 is 11.6 Å². The van der Waals surface area contributed by atoms with E-state index in [-0.39, 0.29) is 5.02 Å². The molecule has 1 aromatic rings. The van der Waals surface area contributed by atoms with Crippen LogP contribution < -0.4 is 5.32 Å². The molecule has 1 fully saturated rings. The second-order valence-electron chi connectivity index (χ2n) is 4.90. The van der Waals surface area contributed by atoms with E-state index in [0.29, 0.717) is 18.2 Å². The first-order chi connectivity index (χ1) is 8.86. The Morgan fingerprint density at radius 3 is 2.79 bits per heavy atom. The molecule has 1 aromatic carbocycles. The highest BCUT2D eigenvalue weighted by Crippen LogP contribution is 2.35. The van der Waals surface area contributed by atoms with E-state index in [1.54, 1.807) is 6.07 Å². The van der Waals surface area contributed by atoms with E-state index in [4.69, 9.17) is 11.6 Å². The SMILES string of the molecule is CC1CN(Cc2ccc(Cl)c(C(F)(F)F)c2)CCN1. The number of nitrogens with zero attached hydrogens (tertiary/aromatic N) is 1. The third-order valence-electron chi connectivity index (χ3n) is 3.20. The highest BCUT2D eigenvalue weighted by atomic mass is 35.5. The fourth-order valence-electron chi connectivity index (χ4n) is 2.30. The van der Waals surface area contributed by atoms with Crippen LogP contribution in [0.1, 0.15) is 18.1 Å². The van der Waals surface area contributed by atoms with Crippen LogP contribution in [0.5, 0.6) is 0 Å². The van der Waals surface area contributed by atoms with Crippen molar-refractivity contribution in [2.45, 2.75) is 25.7 Å². The maximum atomic E-state index is 12.8. The molecule has 2 rings (SSSR count). The topological polar surface area (TPSA) is 15.3 Å². The lowest BCUT2D eigenvalue weighted by Crippen LogP contribution is -2.48. The summed E-state index contributed by atoms with van der Waals surface area (Å²) in [5.41, 5.74) is -0.110. The standard InChI is InChI=1S/C13H16ClF3N2/c1-9-7-19(5-4-18-9)8-10-2-3-12(14)11(6-10)13(15,16)17/h2-3,6,9,18H,4-5,7-8H2,1H3. The van der Waals surface area contributed by atoms with E-state index in [9.17, 15) is 13.2 Å². The van der Waals surface area contributed by atoms with Gasteiger partial charge in [0.15, 0.2) is 0 Å². The van der Waals surface area contributed by atoms with Gasteiger partial charge < -0.3 is 5.32 Å². The maximum absolute atomic E-state index is 12.8. The molecule has 0 bridgehead atoms. The predicted octanol–water partition coefficient (Wildman–Crippen LogP) is 3.15. The Hall–Kier alpha value is -0.780. The molecule has 1 aliphatic heterocycles. The van der Waals surface area contributed by atoms with Crippen molar-refractivity contribution in [1.82, 2.24) is 10.2 Å². The Balaban J connectivity index is 2.13. The zero-order valence-corrected chi connectivity index (χ0v) is 11.4. The van der Waals surface area contributed by atoms with Crippen molar-refractivity contribution in [1.29, 1.82) is 0 Å². The molecule has 0 radical (unpaired) electrons. The average molecular weight is 293 g/mol. The predicted molar refractivity (Wildman–Crippen MR) is 69.2 cm³/mol. The summed E-state index contributed by atoms with van der Waals surface area (Å²) in [5, 5.41) is 3.05. The third-order valence-corrected chi connectivity index (χ3v) is 3.52. The molecule has 0 aromatic heterocycles. The van der Waals surface area contributed by atoms with Crippen molar-refractivity contribution in [3.63, 3.8) is 0 Å². The van der Waals surface area contributed by atoms with Gasteiger partial charge in [0.1, 0.15) is 0 Å². The number of piperazine rings is 1. The van der Waals surface area contributed by atoms with Crippen LogP contribution in [0.15, 0.2) is 18.2 Å². The summed E-state index contributed by atoms with van der Waals surface area (Å²) in [7, 11) is 0. The lowest BCUT2D eigenvalue weighted by atomic mass is 10.1. The molecule has 6 heteroatoms. The summed E-state index contributed by atoms with van der Waals surface area (Å²) >= 11 is 5.60. The van der Waals surface area contributed by atoms with Crippen LogP contribution in [0.25, 0.3) is 0 Å². The van der Waals surface area contributed by atoms with Crippen molar-refractivity contribution < 1.29 is 13.2 Å². The largest absolute Gasteiger partial charge is 0.417 e. The van der Waals surface area contributed by atoms with Gasteiger partial charge in [-0.3, -0.25) is 4.90 Å². The summed E-state index contributed by atoms with van der Waals surface area (Å²) in [6.07, 6.45) is -4.40. The van der Waals surface area contributed by atoms with E-state index in [1.807, 2.05) is 0 Å². The first-order valence-corrected chi connectivity index (χ1v) is 6.55. The Labute approximate surface area is 115 Å². The van der Waals surface area contributed by atoms with Crippen molar-refractivity contribution in [2.75, 3.05) is 19.6 Å². The zero-order valence-electron chi connectivity index (χ0n) is 10.6. The Morgan fingerprint density at radius 2 is 2.16 bits per heavy atom. The first kappa shape index (κ1) is 14.6. The minimum atomic E-state index is -4.40. The van der Waals surface area contributed by atoms with Gasteiger partial charge in [0.2, 0.25) is 0 Å². The van der Waals surface area contributed by atoms with Gasteiger partial charge in [-0.25, -0.2) is 0 Å². The van der Waals surface area contributed by atoms with Crippen molar-refractivity contribution in [3.05, 3.63) is 34.3 Å². The molecule has 1 N–H and O–H groups in total. The van der Waals surface area contributed by atoms with Crippen LogP contribution in [0, 0.1) is 0 Å². The molecule has 1 saturated heterocycles. The normalized spacial score (nSPS) is 21.6. The molecule has 106 valence electrons. The van der Waals surface area contributed by atoms with E-state index in [1.165, 1.54) is 6.07 Å². The van der Waals surface area contributed by atoms with Crippen molar-refractivity contribution in [3.8, 4) is 0 Å². The molecular formula is C13H16ClF3N2. The van der Waals surface area contributed by atoms with Crippen LogP contribution in [-0.2, 0) is 12.7 Å². The fraction of sp³-hybridized carbons (Fsp3) is 0.538. The monoisotopic (exact) mass is 292 g/mol. The van der Waals surface area contributed by atoms with Crippen LogP contribution in [0.4, 0.5) is 13.2 Å². The highest BCUT2D eigenvalue weighted by molar-refractivity contribution is 6.31. The highest BCUT2D eigenvalue weighted by Gasteiger charge is 2.33. The molecule has 0 spiro atoms. The Morgan fingerprint density at radius 1 is 1.42 bits per heavy atom. The van der Waals surface area contributed by atoms with E-state index in [2.05, 4.69) is 17.1 Å². The van der Waals surface area contributed by atoms with E-state index >= 15 is 0 Å². The second-order valence-corrected chi connectivity index (χ2v) is 5.31. The number of hydrogen-bond donors (Lipinski definition) is 1. The minimum absolute atomic E-state index is 0.245. The molecule has 0 saturated carbocycles. The molecule has 1 heterocycles. The molecular weight excluding hydrogens is 277 g/mol. The van der Waals surface area contributed by atoms with E-state index in [0.717, 1.165) is 25.7 Å². The zero-order chi connectivity index (χ0) is 14.0. The Kier molecular flexibility index (Phi) is 4.38. The fourth-order valence-corrected chi connectivity index (χ4v) is 2.53. The lowest BCUT2D eigenvalue weighted by Gasteiger charge is -2.32. The molecule has 2 nitrogen and oxygen atoms in total. The smallest absolute Gasteiger partial charge is 0.312 e. The number of halogens is 4. The van der Waals surface area contributed by atoms with Gasteiger partial charge in [-0.1, -0.05) is 17.7 Å². The summed E-state index contributed by atoms with van der Waals surface area (Å²) < 4.78 is 38.3. The summed E-state index contributed by atoms with van der Waals surface area (Å²) in [6, 6.07) is 4.49. The van der Waals surface area contributed by atoms with Crippen molar-refractivity contribution in [2.24, 2.45) is 0 Å². The van der Waals surface area contributed by atoms with Crippen LogP contribution in [-0.4, -0.2) is 30.6 Å². The van der Waals surface area contributed by atoms with Crippen LogP contribution in [0.2, 0.25) is 5.02 Å². The number of rotatable bonds is 2. The van der Waals surface area contributed by atoms with Crippen LogP contribution >= 0.6 is 11.6 Å². The molecule has 19 heavy (non-hydrogen) atoms. The quantitative estimate of drug-likeness (QED) is 0.901. The van der Waals surface area contributed by atoms with Gasteiger partial charge in [0, 0.05) is 32.2 Å². The number of benzene rings is 1. The van der Waals surface area contributed by atoms with Gasteiger partial charge >= 0.3 is 6.18 Å². The Bertz CT molecular complexity index is 448. The lowest BCUT2D eigenvalue weighted by molar-refractivity contribution is -0.137. The van der Waals surface area contributed by atoms with Gasteiger partial charge in [-0.15, -0.1) is 0 Å². The number of alkyl halides is 3.